The summed E-state index contributed by atoms with van der Waals surface area (Å²) < 4.78 is 5.61. The summed E-state index contributed by atoms with van der Waals surface area (Å²) in [6.07, 6.45) is 2.43. The van der Waals surface area contributed by atoms with Crippen molar-refractivity contribution in [2.75, 3.05) is 6.61 Å². The van der Waals surface area contributed by atoms with Crippen LogP contribution in [0.5, 0.6) is 5.75 Å². The van der Waals surface area contributed by atoms with Crippen molar-refractivity contribution in [1.29, 1.82) is 0 Å². The summed E-state index contributed by atoms with van der Waals surface area (Å²) in [5.74, 6) is -2.85. The SMILES string of the molecule is Cc1ccc(C(C)C)c(OCC(=O)NNC(=O)[C@H]2CCCC[C@H]2C(=O)[O-])c1. The van der Waals surface area contributed by atoms with Gasteiger partial charge in [-0.3, -0.25) is 20.4 Å². The van der Waals surface area contributed by atoms with Crippen LogP contribution in [0.1, 0.15) is 56.6 Å². The second-order valence-electron chi connectivity index (χ2n) is 7.34. The van der Waals surface area contributed by atoms with Crippen molar-refractivity contribution in [2.24, 2.45) is 11.8 Å². The highest BCUT2D eigenvalue weighted by molar-refractivity contribution is 5.87. The number of rotatable bonds is 6. The predicted octanol–water partition coefficient (Wildman–Crippen LogP) is 1.20. The van der Waals surface area contributed by atoms with Crippen LogP contribution < -0.4 is 20.7 Å². The van der Waals surface area contributed by atoms with Gasteiger partial charge in [0.25, 0.3) is 5.91 Å². The molecule has 0 unspecified atom stereocenters. The molecular formula is C20H27N2O5-. The lowest BCUT2D eigenvalue weighted by molar-refractivity contribution is -0.314. The van der Waals surface area contributed by atoms with Crippen molar-refractivity contribution < 1.29 is 24.2 Å². The number of aryl methyl sites for hydroxylation is 1. The lowest BCUT2D eigenvalue weighted by Gasteiger charge is -2.31. The first-order chi connectivity index (χ1) is 12.8. The second-order valence-corrected chi connectivity index (χ2v) is 7.34. The number of aliphatic carboxylic acids is 1. The summed E-state index contributed by atoms with van der Waals surface area (Å²) in [5, 5.41) is 11.2. The van der Waals surface area contributed by atoms with Crippen LogP contribution in [0.25, 0.3) is 0 Å². The summed E-state index contributed by atoms with van der Waals surface area (Å²) in [7, 11) is 0. The van der Waals surface area contributed by atoms with Gasteiger partial charge in [-0.1, -0.05) is 38.8 Å². The van der Waals surface area contributed by atoms with E-state index in [0.29, 0.717) is 18.6 Å². The largest absolute Gasteiger partial charge is 0.550 e. The third-order valence-electron chi connectivity index (χ3n) is 4.88. The first-order valence-corrected chi connectivity index (χ1v) is 9.32. The number of ether oxygens (including phenoxy) is 1. The van der Waals surface area contributed by atoms with Gasteiger partial charge in [-0.05, 0) is 42.9 Å². The van der Waals surface area contributed by atoms with Gasteiger partial charge in [-0.15, -0.1) is 0 Å². The maximum Gasteiger partial charge on any atom is 0.276 e. The average molecular weight is 375 g/mol. The monoisotopic (exact) mass is 375 g/mol. The first kappa shape index (κ1) is 20.7. The molecule has 1 aromatic carbocycles. The minimum atomic E-state index is -1.22. The van der Waals surface area contributed by atoms with Crippen LogP contribution in [0.4, 0.5) is 0 Å². The van der Waals surface area contributed by atoms with Crippen molar-refractivity contribution in [1.82, 2.24) is 10.9 Å². The number of carboxylic acids is 1. The molecule has 2 atom stereocenters. The maximum absolute atomic E-state index is 12.2. The van der Waals surface area contributed by atoms with E-state index < -0.39 is 29.6 Å². The smallest absolute Gasteiger partial charge is 0.276 e. The molecule has 1 aliphatic rings. The van der Waals surface area contributed by atoms with Crippen molar-refractivity contribution >= 4 is 17.8 Å². The van der Waals surface area contributed by atoms with Crippen molar-refractivity contribution in [3.8, 4) is 5.75 Å². The number of hydrogen-bond acceptors (Lipinski definition) is 5. The Morgan fingerprint density at radius 3 is 2.44 bits per heavy atom. The molecule has 1 fully saturated rings. The first-order valence-electron chi connectivity index (χ1n) is 9.32. The number of benzene rings is 1. The molecule has 0 heterocycles. The zero-order chi connectivity index (χ0) is 20.0. The molecule has 1 aliphatic carbocycles. The zero-order valence-corrected chi connectivity index (χ0v) is 16.0. The Balaban J connectivity index is 1.87. The fourth-order valence-electron chi connectivity index (χ4n) is 3.37. The van der Waals surface area contributed by atoms with Crippen molar-refractivity contribution in [3.63, 3.8) is 0 Å². The standard InChI is InChI=1S/C20H28N2O5/c1-12(2)14-9-8-13(3)10-17(14)27-11-18(23)21-22-19(24)15-6-4-5-7-16(15)20(25)26/h8-10,12,15-16H,4-7,11H2,1-3H3,(H,21,23)(H,22,24)(H,25,26)/p-1/t15-,16+/m0/s1. The number of carboxylic acid groups (broad SMARTS) is 1. The Hall–Kier alpha value is -2.57. The Morgan fingerprint density at radius 1 is 1.15 bits per heavy atom. The molecule has 0 radical (unpaired) electrons. The molecule has 0 aliphatic heterocycles. The van der Waals surface area contributed by atoms with Crippen molar-refractivity contribution in [3.05, 3.63) is 29.3 Å². The van der Waals surface area contributed by atoms with Crippen LogP contribution >= 0.6 is 0 Å². The zero-order valence-electron chi connectivity index (χ0n) is 16.0. The normalized spacial score (nSPS) is 19.4. The molecule has 1 saturated carbocycles. The maximum atomic E-state index is 12.2. The molecule has 2 rings (SSSR count). The average Bonchev–Trinajstić information content (AvgIpc) is 2.64. The molecule has 7 nitrogen and oxygen atoms in total. The third kappa shape index (κ3) is 5.70. The van der Waals surface area contributed by atoms with Gasteiger partial charge in [0.15, 0.2) is 6.61 Å². The number of nitrogens with one attached hydrogen (secondary N) is 2. The molecule has 0 aromatic heterocycles. The lowest BCUT2D eigenvalue weighted by Crippen LogP contribution is -2.50. The van der Waals surface area contributed by atoms with Crippen LogP contribution in [0, 0.1) is 18.8 Å². The Bertz CT molecular complexity index is 702. The number of carbonyl (C=O) groups excluding carboxylic acids is 3. The van der Waals surface area contributed by atoms with E-state index in [-0.39, 0.29) is 12.5 Å². The van der Waals surface area contributed by atoms with Gasteiger partial charge in [0.1, 0.15) is 5.75 Å². The van der Waals surface area contributed by atoms with Crippen LogP contribution in [0.15, 0.2) is 18.2 Å². The van der Waals surface area contributed by atoms with Gasteiger partial charge in [-0.25, -0.2) is 0 Å². The minimum absolute atomic E-state index is 0.247. The third-order valence-corrected chi connectivity index (χ3v) is 4.88. The van der Waals surface area contributed by atoms with Gasteiger partial charge in [0.05, 0.1) is 0 Å². The lowest BCUT2D eigenvalue weighted by atomic mass is 9.79. The molecule has 148 valence electrons. The molecule has 0 bridgehead atoms. The van der Waals surface area contributed by atoms with Crippen LogP contribution in [-0.4, -0.2) is 24.4 Å². The van der Waals surface area contributed by atoms with E-state index in [9.17, 15) is 19.5 Å². The highest BCUT2D eigenvalue weighted by Gasteiger charge is 2.31. The summed E-state index contributed by atoms with van der Waals surface area (Å²) in [6.45, 7) is 5.76. The predicted molar refractivity (Wildman–Crippen MR) is 97.5 cm³/mol. The highest BCUT2D eigenvalue weighted by Crippen LogP contribution is 2.30. The van der Waals surface area contributed by atoms with E-state index >= 15 is 0 Å². The number of carbonyl (C=O) groups is 3. The van der Waals surface area contributed by atoms with E-state index in [1.807, 2.05) is 39.0 Å². The minimum Gasteiger partial charge on any atom is -0.550 e. The van der Waals surface area contributed by atoms with E-state index in [2.05, 4.69) is 10.9 Å². The molecule has 2 N–H and O–H groups in total. The van der Waals surface area contributed by atoms with Gasteiger partial charge >= 0.3 is 0 Å². The number of amides is 2. The highest BCUT2D eigenvalue weighted by atomic mass is 16.5. The molecule has 27 heavy (non-hydrogen) atoms. The summed E-state index contributed by atoms with van der Waals surface area (Å²) in [6, 6.07) is 5.83. The Labute approximate surface area is 159 Å². The topological polar surface area (TPSA) is 108 Å². The number of hydrogen-bond donors (Lipinski definition) is 2. The molecule has 7 heteroatoms. The molecular weight excluding hydrogens is 348 g/mol. The van der Waals surface area contributed by atoms with Gasteiger partial charge in [0.2, 0.25) is 5.91 Å². The van der Waals surface area contributed by atoms with E-state index in [4.69, 9.17) is 4.74 Å². The fraction of sp³-hybridized carbons (Fsp3) is 0.550. The van der Waals surface area contributed by atoms with Gasteiger partial charge < -0.3 is 14.6 Å². The second kappa shape index (κ2) is 9.39. The van der Waals surface area contributed by atoms with Crippen LogP contribution in [0.3, 0.4) is 0 Å². The summed E-state index contributed by atoms with van der Waals surface area (Å²) in [5.41, 5.74) is 6.63. The van der Waals surface area contributed by atoms with Gasteiger partial charge in [0, 0.05) is 17.8 Å². The van der Waals surface area contributed by atoms with Crippen LogP contribution in [0.2, 0.25) is 0 Å². The molecule has 0 saturated heterocycles. The van der Waals surface area contributed by atoms with E-state index in [1.165, 1.54) is 0 Å². The molecule has 1 aromatic rings. The molecule has 2 amide bonds. The summed E-state index contributed by atoms with van der Waals surface area (Å²) in [4.78, 5) is 35.4. The van der Waals surface area contributed by atoms with Gasteiger partial charge in [-0.2, -0.15) is 0 Å². The molecule has 0 spiro atoms. The Morgan fingerprint density at radius 2 is 1.81 bits per heavy atom. The summed E-state index contributed by atoms with van der Waals surface area (Å²) >= 11 is 0. The fourth-order valence-corrected chi connectivity index (χ4v) is 3.37. The Kier molecular flexibility index (Phi) is 7.21. The van der Waals surface area contributed by atoms with Crippen LogP contribution in [-0.2, 0) is 14.4 Å². The van der Waals surface area contributed by atoms with E-state index in [0.717, 1.165) is 24.0 Å². The van der Waals surface area contributed by atoms with E-state index in [1.54, 1.807) is 0 Å². The quantitative estimate of drug-likeness (QED) is 0.727. The number of hydrazine groups is 1. The van der Waals surface area contributed by atoms with Crippen molar-refractivity contribution in [2.45, 2.75) is 52.4 Å².